The number of hydrogen-bond donors (Lipinski definition) is 1. The van der Waals surface area contributed by atoms with Gasteiger partial charge in [0.2, 0.25) is 0 Å². The van der Waals surface area contributed by atoms with Crippen molar-refractivity contribution in [1.82, 2.24) is 20.2 Å². The molecule has 0 aromatic carbocycles. The van der Waals surface area contributed by atoms with E-state index >= 15 is 0 Å². The number of aromatic nitrogens is 4. The third kappa shape index (κ3) is 1.32. The maximum Gasteiger partial charge on any atom is 0.143 e. The quantitative estimate of drug-likeness (QED) is 0.679. The molecular weight excluding hydrogens is 208 g/mol. The molecule has 3 rings (SSSR count). The smallest absolute Gasteiger partial charge is 0.143 e. The van der Waals surface area contributed by atoms with Crippen LogP contribution in [0, 0.1) is 6.92 Å². The molecule has 0 radical (unpaired) electrons. The molecule has 74 valence electrons. The molecule has 4 nitrogen and oxygen atoms in total. The number of H-pyrrole nitrogens is 1. The van der Waals surface area contributed by atoms with Crippen LogP contribution in [0.4, 0.5) is 0 Å². The van der Waals surface area contributed by atoms with E-state index in [2.05, 4.69) is 20.2 Å². The van der Waals surface area contributed by atoms with E-state index in [1.165, 1.54) is 0 Å². The van der Waals surface area contributed by atoms with Crippen LogP contribution in [-0.4, -0.2) is 20.2 Å². The standard InChI is InChI=1S/C10H8N4S/c1-6-7(4-12-14-6)8-2-3-9-10(13-8)15-5-11-9/h2-5H,1H3,(H,12,14). The number of thiazole rings is 1. The Hall–Kier alpha value is -1.75. The summed E-state index contributed by atoms with van der Waals surface area (Å²) < 4.78 is 0. The highest BCUT2D eigenvalue weighted by atomic mass is 32.1. The van der Waals surface area contributed by atoms with Crippen molar-refractivity contribution in [3.63, 3.8) is 0 Å². The first-order chi connectivity index (χ1) is 7.34. The van der Waals surface area contributed by atoms with Crippen molar-refractivity contribution >= 4 is 21.7 Å². The first kappa shape index (κ1) is 8.55. The van der Waals surface area contributed by atoms with Crippen LogP contribution >= 0.6 is 11.3 Å². The largest absolute Gasteiger partial charge is 0.282 e. The summed E-state index contributed by atoms with van der Waals surface area (Å²) in [6.07, 6.45) is 1.80. The number of nitrogens with zero attached hydrogens (tertiary/aromatic N) is 3. The van der Waals surface area contributed by atoms with E-state index < -0.39 is 0 Å². The Morgan fingerprint density at radius 3 is 3.07 bits per heavy atom. The summed E-state index contributed by atoms with van der Waals surface area (Å²) in [6.45, 7) is 1.99. The maximum atomic E-state index is 4.53. The van der Waals surface area contributed by atoms with Gasteiger partial charge in [-0.25, -0.2) is 9.97 Å². The molecule has 1 N–H and O–H groups in total. The van der Waals surface area contributed by atoms with Crippen molar-refractivity contribution in [3.05, 3.63) is 29.5 Å². The van der Waals surface area contributed by atoms with Gasteiger partial charge in [0.1, 0.15) is 4.83 Å². The lowest BCUT2D eigenvalue weighted by Gasteiger charge is -1.97. The van der Waals surface area contributed by atoms with Gasteiger partial charge in [-0.15, -0.1) is 11.3 Å². The predicted octanol–water partition coefficient (Wildman–Crippen LogP) is 2.39. The normalized spacial score (nSPS) is 11.0. The van der Waals surface area contributed by atoms with Crippen LogP contribution in [0.25, 0.3) is 21.6 Å². The van der Waals surface area contributed by atoms with Crippen molar-refractivity contribution < 1.29 is 0 Å². The number of aryl methyl sites for hydroxylation is 1. The third-order valence-electron chi connectivity index (χ3n) is 2.30. The first-order valence-corrected chi connectivity index (χ1v) is 5.43. The predicted molar refractivity (Wildman–Crippen MR) is 59.7 cm³/mol. The van der Waals surface area contributed by atoms with Crippen LogP contribution in [0.15, 0.2) is 23.8 Å². The average Bonchev–Trinajstić information content (AvgIpc) is 2.84. The Morgan fingerprint density at radius 1 is 1.33 bits per heavy atom. The lowest BCUT2D eigenvalue weighted by molar-refractivity contribution is 1.05. The molecule has 15 heavy (non-hydrogen) atoms. The van der Waals surface area contributed by atoms with E-state index in [4.69, 9.17) is 0 Å². The van der Waals surface area contributed by atoms with E-state index in [1.54, 1.807) is 17.5 Å². The van der Waals surface area contributed by atoms with E-state index in [9.17, 15) is 0 Å². The van der Waals surface area contributed by atoms with Crippen LogP contribution in [0.2, 0.25) is 0 Å². The number of aromatic amines is 1. The monoisotopic (exact) mass is 216 g/mol. The van der Waals surface area contributed by atoms with Gasteiger partial charge in [-0.2, -0.15) is 5.10 Å². The van der Waals surface area contributed by atoms with Crippen LogP contribution in [0.5, 0.6) is 0 Å². The minimum absolute atomic E-state index is 0.943. The van der Waals surface area contributed by atoms with E-state index in [1.807, 2.05) is 24.6 Å². The van der Waals surface area contributed by atoms with Gasteiger partial charge in [-0.3, -0.25) is 5.10 Å². The second-order valence-corrected chi connectivity index (χ2v) is 4.12. The number of rotatable bonds is 1. The SMILES string of the molecule is Cc1[nH]ncc1-c1ccc2ncsc2n1. The topological polar surface area (TPSA) is 54.5 Å². The van der Waals surface area contributed by atoms with Crippen molar-refractivity contribution in [2.24, 2.45) is 0 Å². The van der Waals surface area contributed by atoms with Crippen molar-refractivity contribution in [3.8, 4) is 11.3 Å². The van der Waals surface area contributed by atoms with Crippen LogP contribution in [-0.2, 0) is 0 Å². The van der Waals surface area contributed by atoms with Crippen LogP contribution in [0.3, 0.4) is 0 Å². The molecule has 0 amide bonds. The Balaban J connectivity index is 2.23. The first-order valence-electron chi connectivity index (χ1n) is 4.55. The Morgan fingerprint density at radius 2 is 2.27 bits per heavy atom. The number of pyridine rings is 1. The van der Waals surface area contributed by atoms with Crippen molar-refractivity contribution in [2.45, 2.75) is 6.92 Å². The minimum atomic E-state index is 0.943. The zero-order chi connectivity index (χ0) is 10.3. The fourth-order valence-corrected chi connectivity index (χ4v) is 2.17. The number of fused-ring (bicyclic) bond motifs is 1. The van der Waals surface area contributed by atoms with Gasteiger partial charge in [-0.05, 0) is 19.1 Å². The van der Waals surface area contributed by atoms with Gasteiger partial charge < -0.3 is 0 Å². The lowest BCUT2D eigenvalue weighted by Crippen LogP contribution is -1.83. The van der Waals surface area contributed by atoms with Crippen molar-refractivity contribution in [1.29, 1.82) is 0 Å². The second-order valence-electron chi connectivity index (χ2n) is 3.28. The molecule has 0 saturated carbocycles. The molecule has 0 aliphatic rings. The molecule has 0 saturated heterocycles. The van der Waals surface area contributed by atoms with Gasteiger partial charge >= 0.3 is 0 Å². The summed E-state index contributed by atoms with van der Waals surface area (Å²) >= 11 is 1.55. The highest BCUT2D eigenvalue weighted by Crippen LogP contribution is 2.23. The fraction of sp³-hybridized carbons (Fsp3) is 0.100. The Kier molecular flexibility index (Phi) is 1.78. The van der Waals surface area contributed by atoms with Gasteiger partial charge in [0, 0.05) is 11.3 Å². The zero-order valence-corrected chi connectivity index (χ0v) is 8.88. The summed E-state index contributed by atoms with van der Waals surface area (Å²) in [5.41, 5.74) is 5.78. The average molecular weight is 216 g/mol. The Bertz CT molecular complexity index is 610. The molecule has 0 aliphatic heterocycles. The van der Waals surface area contributed by atoms with Crippen molar-refractivity contribution in [2.75, 3.05) is 0 Å². The fourth-order valence-electron chi connectivity index (χ4n) is 1.51. The lowest BCUT2D eigenvalue weighted by atomic mass is 10.2. The molecule has 0 bridgehead atoms. The molecule has 3 heterocycles. The van der Waals surface area contributed by atoms with Gasteiger partial charge in [0.25, 0.3) is 0 Å². The summed E-state index contributed by atoms with van der Waals surface area (Å²) in [6, 6.07) is 3.96. The van der Waals surface area contributed by atoms with Gasteiger partial charge in [0.15, 0.2) is 0 Å². The van der Waals surface area contributed by atoms with E-state index in [-0.39, 0.29) is 0 Å². The second kappa shape index (κ2) is 3.13. The van der Waals surface area contributed by atoms with E-state index in [0.29, 0.717) is 0 Å². The molecule has 3 aromatic rings. The zero-order valence-electron chi connectivity index (χ0n) is 8.06. The summed E-state index contributed by atoms with van der Waals surface area (Å²) in [5.74, 6) is 0. The molecule has 0 atom stereocenters. The summed E-state index contributed by atoms with van der Waals surface area (Å²) in [4.78, 5) is 9.70. The number of nitrogens with one attached hydrogen (secondary N) is 1. The summed E-state index contributed by atoms with van der Waals surface area (Å²) in [5, 5.41) is 6.90. The molecule has 5 heteroatoms. The molecule has 0 fully saturated rings. The van der Waals surface area contributed by atoms with Gasteiger partial charge in [-0.1, -0.05) is 0 Å². The molecule has 0 spiro atoms. The molecule has 3 aromatic heterocycles. The molecule has 0 unspecified atom stereocenters. The highest BCUT2D eigenvalue weighted by Gasteiger charge is 2.06. The maximum absolute atomic E-state index is 4.53. The summed E-state index contributed by atoms with van der Waals surface area (Å²) in [7, 11) is 0. The van der Waals surface area contributed by atoms with Crippen LogP contribution < -0.4 is 0 Å². The van der Waals surface area contributed by atoms with E-state index in [0.717, 1.165) is 27.3 Å². The van der Waals surface area contributed by atoms with Gasteiger partial charge in [0.05, 0.1) is 22.9 Å². The molecule has 0 aliphatic carbocycles. The minimum Gasteiger partial charge on any atom is -0.282 e. The molecular formula is C10H8N4S. The third-order valence-corrected chi connectivity index (χ3v) is 3.04. The van der Waals surface area contributed by atoms with Crippen LogP contribution in [0.1, 0.15) is 5.69 Å². The Labute approximate surface area is 90.0 Å². The highest BCUT2D eigenvalue weighted by molar-refractivity contribution is 7.16. The number of hydrogen-bond acceptors (Lipinski definition) is 4.